The summed E-state index contributed by atoms with van der Waals surface area (Å²) in [5.41, 5.74) is 3.27. The number of rotatable bonds is 6. The lowest BCUT2D eigenvalue weighted by Gasteiger charge is -2.23. The minimum Gasteiger partial charge on any atom is -0.350 e. The highest BCUT2D eigenvalue weighted by atomic mass is 16.2. The van der Waals surface area contributed by atoms with Crippen molar-refractivity contribution in [1.82, 2.24) is 30.0 Å². The van der Waals surface area contributed by atoms with Gasteiger partial charge in [0.25, 0.3) is 0 Å². The topological polar surface area (TPSA) is 76.8 Å². The third-order valence-electron chi connectivity index (χ3n) is 5.29. The molecule has 1 saturated heterocycles. The van der Waals surface area contributed by atoms with Crippen LogP contribution < -0.4 is 10.6 Å². The van der Waals surface area contributed by atoms with E-state index in [9.17, 15) is 4.79 Å². The highest BCUT2D eigenvalue weighted by Crippen LogP contribution is 2.22. The van der Waals surface area contributed by atoms with Crippen molar-refractivity contribution in [2.45, 2.75) is 38.8 Å². The normalized spacial score (nSPS) is 16.8. The lowest BCUT2D eigenvalue weighted by atomic mass is 9.96. The van der Waals surface area contributed by atoms with Gasteiger partial charge in [-0.1, -0.05) is 12.1 Å². The molecule has 1 aliphatic heterocycles. The quantitative estimate of drug-likeness (QED) is 0.689. The van der Waals surface area contributed by atoms with Crippen LogP contribution in [0.5, 0.6) is 0 Å². The molecule has 2 N–H and O–H groups in total. The Labute approximate surface area is 164 Å². The first kappa shape index (κ1) is 18.4. The predicted octanol–water partition coefficient (Wildman–Crippen LogP) is 2.16. The zero-order valence-electron chi connectivity index (χ0n) is 16.1. The minimum atomic E-state index is -0.0248. The minimum absolute atomic E-state index is 0.0248. The summed E-state index contributed by atoms with van der Waals surface area (Å²) in [5.74, 6) is 1.36. The van der Waals surface area contributed by atoms with Crippen molar-refractivity contribution in [3.05, 3.63) is 66.0 Å². The molecule has 0 aliphatic carbocycles. The van der Waals surface area contributed by atoms with Crippen LogP contribution in [0.25, 0.3) is 5.69 Å². The van der Waals surface area contributed by atoms with Gasteiger partial charge >= 0.3 is 0 Å². The first-order valence-corrected chi connectivity index (χ1v) is 9.79. The number of nitrogens with one attached hydrogen (secondary N) is 2. The Morgan fingerprint density at radius 1 is 1.25 bits per heavy atom. The lowest BCUT2D eigenvalue weighted by molar-refractivity contribution is -0.122. The highest BCUT2D eigenvalue weighted by Gasteiger charge is 2.19. The fourth-order valence-electron chi connectivity index (χ4n) is 3.74. The van der Waals surface area contributed by atoms with Crippen LogP contribution in [0.2, 0.25) is 0 Å². The molecule has 0 saturated carbocycles. The molecule has 4 rings (SSSR count). The predicted molar refractivity (Wildman–Crippen MR) is 107 cm³/mol. The summed E-state index contributed by atoms with van der Waals surface area (Å²) in [6.07, 6.45) is 7.82. The third-order valence-corrected chi connectivity index (χ3v) is 5.29. The van der Waals surface area contributed by atoms with Crippen molar-refractivity contribution >= 4 is 5.91 Å². The number of hydrogen-bond acceptors (Lipinski definition) is 4. The first-order chi connectivity index (χ1) is 13.7. The largest absolute Gasteiger partial charge is 0.350 e. The molecule has 0 spiro atoms. The molecule has 1 amide bonds. The first-order valence-electron chi connectivity index (χ1n) is 9.79. The van der Waals surface area contributed by atoms with Gasteiger partial charge in [0.05, 0.1) is 0 Å². The van der Waals surface area contributed by atoms with Crippen LogP contribution in [0, 0.1) is 6.92 Å². The van der Waals surface area contributed by atoms with Crippen molar-refractivity contribution < 1.29 is 4.79 Å². The molecule has 28 heavy (non-hydrogen) atoms. The summed E-state index contributed by atoms with van der Waals surface area (Å²) in [6.45, 7) is 4.76. The summed E-state index contributed by atoms with van der Waals surface area (Å²) in [5, 5.41) is 10.8. The second kappa shape index (κ2) is 8.39. The number of carbonyl (C=O) groups excluding carboxylic acids is 1. The molecule has 146 valence electrons. The van der Waals surface area contributed by atoms with Gasteiger partial charge in [-0.05, 0) is 50.1 Å². The standard InChI is InChI=1S/C21H26N6O/c1-16-23-11-12-26(16)19-6-4-17(5-7-19)13-24-21(28)15-27-20(8-10-25-27)18-3-2-9-22-14-18/h4-8,10-12,18,22H,2-3,9,13-15H2,1H3,(H,24,28)/t18-/m1/s1. The molecular weight excluding hydrogens is 352 g/mol. The van der Waals surface area contributed by atoms with Crippen LogP contribution in [-0.4, -0.2) is 38.3 Å². The van der Waals surface area contributed by atoms with Crippen molar-refractivity contribution in [2.75, 3.05) is 13.1 Å². The van der Waals surface area contributed by atoms with Gasteiger partial charge < -0.3 is 15.2 Å². The van der Waals surface area contributed by atoms with Gasteiger partial charge in [0.2, 0.25) is 5.91 Å². The number of aromatic nitrogens is 4. The number of nitrogens with zero attached hydrogens (tertiary/aromatic N) is 4. The van der Waals surface area contributed by atoms with Crippen molar-refractivity contribution in [1.29, 1.82) is 0 Å². The molecule has 0 radical (unpaired) electrons. The average molecular weight is 378 g/mol. The Hall–Kier alpha value is -2.93. The van der Waals surface area contributed by atoms with Gasteiger partial charge in [-0.25, -0.2) is 4.98 Å². The number of carbonyl (C=O) groups is 1. The molecular formula is C21H26N6O. The van der Waals surface area contributed by atoms with E-state index in [1.54, 1.807) is 12.4 Å². The molecule has 7 nitrogen and oxygen atoms in total. The van der Waals surface area contributed by atoms with E-state index in [1.165, 1.54) is 0 Å². The smallest absolute Gasteiger partial charge is 0.242 e. The van der Waals surface area contributed by atoms with E-state index in [2.05, 4.69) is 20.7 Å². The maximum Gasteiger partial charge on any atom is 0.242 e. The molecule has 3 aromatic rings. The zero-order chi connectivity index (χ0) is 19.3. The van der Waals surface area contributed by atoms with Gasteiger partial charge in [0, 0.05) is 49.0 Å². The van der Waals surface area contributed by atoms with Crippen LogP contribution >= 0.6 is 0 Å². The lowest BCUT2D eigenvalue weighted by Crippen LogP contribution is -2.32. The third kappa shape index (κ3) is 4.14. The van der Waals surface area contributed by atoms with Crippen molar-refractivity contribution in [3.63, 3.8) is 0 Å². The SMILES string of the molecule is Cc1nccn1-c1ccc(CNC(=O)Cn2nccc2[C@@H]2CCCNC2)cc1. The highest BCUT2D eigenvalue weighted by molar-refractivity contribution is 5.75. The number of amides is 1. The average Bonchev–Trinajstić information content (AvgIpc) is 3.36. The van der Waals surface area contributed by atoms with E-state index in [-0.39, 0.29) is 12.5 Å². The van der Waals surface area contributed by atoms with Gasteiger partial charge in [-0.2, -0.15) is 5.10 Å². The summed E-state index contributed by atoms with van der Waals surface area (Å²) in [7, 11) is 0. The van der Waals surface area contributed by atoms with Crippen LogP contribution in [0.3, 0.4) is 0 Å². The van der Waals surface area contributed by atoms with Crippen molar-refractivity contribution in [2.24, 2.45) is 0 Å². The molecule has 3 heterocycles. The Bertz CT molecular complexity index is 921. The molecule has 2 aromatic heterocycles. The maximum atomic E-state index is 12.4. The molecule has 1 atom stereocenters. The van der Waals surface area contributed by atoms with E-state index >= 15 is 0 Å². The van der Waals surface area contributed by atoms with Crippen molar-refractivity contribution in [3.8, 4) is 5.69 Å². The van der Waals surface area contributed by atoms with E-state index in [1.807, 2.05) is 52.7 Å². The van der Waals surface area contributed by atoms with Gasteiger partial charge in [-0.15, -0.1) is 0 Å². The van der Waals surface area contributed by atoms with Crippen LogP contribution in [0.15, 0.2) is 48.9 Å². The number of hydrogen-bond donors (Lipinski definition) is 2. The zero-order valence-corrected chi connectivity index (χ0v) is 16.1. The van der Waals surface area contributed by atoms with Gasteiger partial charge in [-0.3, -0.25) is 9.48 Å². The second-order valence-corrected chi connectivity index (χ2v) is 7.24. The van der Waals surface area contributed by atoms with E-state index in [4.69, 9.17) is 0 Å². The molecule has 1 aromatic carbocycles. The Morgan fingerprint density at radius 3 is 2.82 bits per heavy atom. The van der Waals surface area contributed by atoms with E-state index in [0.29, 0.717) is 12.5 Å². The number of piperidine rings is 1. The Kier molecular flexibility index (Phi) is 5.53. The molecule has 1 aliphatic rings. The summed E-state index contributed by atoms with van der Waals surface area (Å²) < 4.78 is 3.86. The van der Waals surface area contributed by atoms with Gasteiger partial charge in [0.15, 0.2) is 0 Å². The van der Waals surface area contributed by atoms with E-state index in [0.717, 1.165) is 48.7 Å². The van der Waals surface area contributed by atoms with Gasteiger partial charge in [0.1, 0.15) is 12.4 Å². The molecule has 7 heteroatoms. The maximum absolute atomic E-state index is 12.4. The number of benzene rings is 1. The monoisotopic (exact) mass is 378 g/mol. The fraction of sp³-hybridized carbons (Fsp3) is 0.381. The van der Waals surface area contributed by atoms with Crippen LogP contribution in [0.4, 0.5) is 0 Å². The fourth-order valence-corrected chi connectivity index (χ4v) is 3.74. The molecule has 1 fully saturated rings. The molecule has 0 unspecified atom stereocenters. The molecule has 0 bridgehead atoms. The Morgan fingerprint density at radius 2 is 2.11 bits per heavy atom. The van der Waals surface area contributed by atoms with E-state index < -0.39 is 0 Å². The number of imidazole rings is 1. The Balaban J connectivity index is 1.33. The summed E-state index contributed by atoms with van der Waals surface area (Å²) >= 11 is 0. The summed E-state index contributed by atoms with van der Waals surface area (Å²) in [6, 6.07) is 10.2. The van der Waals surface area contributed by atoms with Crippen LogP contribution in [0.1, 0.15) is 35.8 Å². The summed E-state index contributed by atoms with van der Waals surface area (Å²) in [4.78, 5) is 16.7. The van der Waals surface area contributed by atoms with Crippen LogP contribution in [-0.2, 0) is 17.9 Å². The number of aryl methyl sites for hydroxylation is 1. The second-order valence-electron chi connectivity index (χ2n) is 7.24.